The van der Waals surface area contributed by atoms with Crippen molar-refractivity contribution in [3.63, 3.8) is 0 Å². The standard InChI is InChI=1S/C14H23FN2O2S/c1-11(2)16-10-12(3)20(18,19)17-9-8-13-6-4-5-7-14(13)15/h4-7,11-12,16-17H,8-10H2,1-3H3. The number of hydrogen-bond acceptors (Lipinski definition) is 3. The van der Waals surface area contributed by atoms with Gasteiger partial charge in [-0.15, -0.1) is 0 Å². The highest BCUT2D eigenvalue weighted by Crippen LogP contribution is 2.07. The Morgan fingerprint density at radius 1 is 1.20 bits per heavy atom. The predicted octanol–water partition coefficient (Wildman–Crippen LogP) is 1.67. The smallest absolute Gasteiger partial charge is 0.215 e. The second-order valence-corrected chi connectivity index (χ2v) is 7.34. The Hall–Kier alpha value is -0.980. The summed E-state index contributed by atoms with van der Waals surface area (Å²) >= 11 is 0. The molecule has 0 amide bonds. The van der Waals surface area contributed by atoms with E-state index in [0.717, 1.165) is 0 Å². The molecule has 0 saturated heterocycles. The van der Waals surface area contributed by atoms with Gasteiger partial charge >= 0.3 is 0 Å². The van der Waals surface area contributed by atoms with E-state index in [2.05, 4.69) is 10.0 Å². The molecule has 20 heavy (non-hydrogen) atoms. The molecule has 0 aromatic heterocycles. The van der Waals surface area contributed by atoms with E-state index in [1.165, 1.54) is 6.07 Å². The summed E-state index contributed by atoms with van der Waals surface area (Å²) in [6.07, 6.45) is 0.343. The molecule has 0 radical (unpaired) electrons. The van der Waals surface area contributed by atoms with Gasteiger partial charge < -0.3 is 5.32 Å². The highest BCUT2D eigenvalue weighted by atomic mass is 32.2. The molecular weight excluding hydrogens is 279 g/mol. The lowest BCUT2D eigenvalue weighted by molar-refractivity contribution is 0.539. The van der Waals surface area contributed by atoms with Crippen molar-refractivity contribution in [3.05, 3.63) is 35.6 Å². The molecule has 0 spiro atoms. The van der Waals surface area contributed by atoms with Crippen molar-refractivity contribution >= 4 is 10.0 Å². The van der Waals surface area contributed by atoms with Crippen LogP contribution < -0.4 is 10.0 Å². The fourth-order valence-corrected chi connectivity index (χ4v) is 2.67. The monoisotopic (exact) mass is 302 g/mol. The molecule has 114 valence electrons. The molecule has 0 fully saturated rings. The maximum Gasteiger partial charge on any atom is 0.215 e. The van der Waals surface area contributed by atoms with Crippen molar-refractivity contribution in [1.29, 1.82) is 0 Å². The molecule has 0 bridgehead atoms. The van der Waals surface area contributed by atoms with Crippen LogP contribution in [-0.4, -0.2) is 32.8 Å². The van der Waals surface area contributed by atoms with E-state index in [-0.39, 0.29) is 18.4 Å². The molecule has 1 unspecified atom stereocenters. The van der Waals surface area contributed by atoms with Gasteiger partial charge in [-0.05, 0) is 25.0 Å². The van der Waals surface area contributed by atoms with E-state index in [9.17, 15) is 12.8 Å². The average molecular weight is 302 g/mol. The van der Waals surface area contributed by atoms with Crippen molar-refractivity contribution in [1.82, 2.24) is 10.0 Å². The molecule has 1 atom stereocenters. The van der Waals surface area contributed by atoms with Gasteiger partial charge in [-0.3, -0.25) is 0 Å². The van der Waals surface area contributed by atoms with Crippen LogP contribution in [0.25, 0.3) is 0 Å². The molecule has 1 aromatic rings. The maximum absolute atomic E-state index is 13.4. The normalized spacial score (nSPS) is 13.7. The van der Waals surface area contributed by atoms with Gasteiger partial charge in [0.25, 0.3) is 0 Å². The lowest BCUT2D eigenvalue weighted by atomic mass is 10.1. The van der Waals surface area contributed by atoms with Gasteiger partial charge in [0.05, 0.1) is 5.25 Å². The van der Waals surface area contributed by atoms with Gasteiger partial charge in [-0.1, -0.05) is 32.0 Å². The average Bonchev–Trinajstić information content (AvgIpc) is 2.38. The molecular formula is C14H23FN2O2S. The van der Waals surface area contributed by atoms with Crippen LogP contribution in [0.5, 0.6) is 0 Å². The van der Waals surface area contributed by atoms with Crippen LogP contribution in [0.2, 0.25) is 0 Å². The first-order valence-corrected chi connectivity index (χ1v) is 8.33. The maximum atomic E-state index is 13.4. The highest BCUT2D eigenvalue weighted by molar-refractivity contribution is 7.90. The van der Waals surface area contributed by atoms with E-state index < -0.39 is 15.3 Å². The van der Waals surface area contributed by atoms with E-state index in [0.29, 0.717) is 18.5 Å². The zero-order valence-corrected chi connectivity index (χ0v) is 13.0. The summed E-state index contributed by atoms with van der Waals surface area (Å²) in [5, 5.41) is 2.57. The summed E-state index contributed by atoms with van der Waals surface area (Å²) in [5.74, 6) is -0.304. The SMILES string of the molecule is CC(C)NCC(C)S(=O)(=O)NCCc1ccccc1F. The Kier molecular flexibility index (Phi) is 6.58. The third-order valence-corrected chi connectivity index (χ3v) is 4.83. The third-order valence-electron chi connectivity index (χ3n) is 3.00. The summed E-state index contributed by atoms with van der Waals surface area (Å²) in [4.78, 5) is 0. The topological polar surface area (TPSA) is 58.2 Å². The zero-order chi connectivity index (χ0) is 15.2. The largest absolute Gasteiger partial charge is 0.313 e. The number of nitrogens with one attached hydrogen (secondary N) is 2. The predicted molar refractivity (Wildman–Crippen MR) is 79.6 cm³/mol. The number of benzene rings is 1. The minimum Gasteiger partial charge on any atom is -0.313 e. The van der Waals surface area contributed by atoms with E-state index in [4.69, 9.17) is 0 Å². The van der Waals surface area contributed by atoms with Crippen molar-refractivity contribution in [2.45, 2.75) is 38.5 Å². The number of halogens is 1. The van der Waals surface area contributed by atoms with Gasteiger partial charge in [0.15, 0.2) is 0 Å². The minimum atomic E-state index is -3.37. The molecule has 6 heteroatoms. The number of sulfonamides is 1. The molecule has 0 aliphatic heterocycles. The summed E-state index contributed by atoms with van der Waals surface area (Å²) in [6.45, 7) is 6.18. The fourth-order valence-electron chi connectivity index (χ4n) is 1.68. The molecule has 0 aliphatic rings. The highest BCUT2D eigenvalue weighted by Gasteiger charge is 2.20. The van der Waals surface area contributed by atoms with Crippen LogP contribution >= 0.6 is 0 Å². The Labute approximate surface area is 120 Å². The fraction of sp³-hybridized carbons (Fsp3) is 0.571. The van der Waals surface area contributed by atoms with E-state index in [1.807, 2.05) is 13.8 Å². The van der Waals surface area contributed by atoms with Crippen LogP contribution in [0.1, 0.15) is 26.3 Å². The van der Waals surface area contributed by atoms with Gasteiger partial charge in [0.1, 0.15) is 5.82 Å². The van der Waals surface area contributed by atoms with Crippen molar-refractivity contribution in [2.75, 3.05) is 13.1 Å². The first-order valence-electron chi connectivity index (χ1n) is 6.78. The first-order chi connectivity index (χ1) is 9.33. The Morgan fingerprint density at radius 3 is 2.45 bits per heavy atom. The summed E-state index contributed by atoms with van der Waals surface area (Å²) in [6, 6.07) is 6.63. The van der Waals surface area contributed by atoms with E-state index >= 15 is 0 Å². The Morgan fingerprint density at radius 2 is 1.85 bits per heavy atom. The second-order valence-electron chi connectivity index (χ2n) is 5.15. The van der Waals surface area contributed by atoms with Crippen LogP contribution in [0.15, 0.2) is 24.3 Å². The third kappa shape index (κ3) is 5.56. The quantitative estimate of drug-likeness (QED) is 0.768. The molecule has 0 aliphatic carbocycles. The summed E-state index contributed by atoms with van der Waals surface area (Å²) in [7, 11) is -3.37. The van der Waals surface area contributed by atoms with E-state index in [1.54, 1.807) is 25.1 Å². The van der Waals surface area contributed by atoms with Gasteiger partial charge in [0, 0.05) is 19.1 Å². The van der Waals surface area contributed by atoms with Crippen molar-refractivity contribution in [2.24, 2.45) is 0 Å². The molecule has 2 N–H and O–H groups in total. The minimum absolute atomic E-state index is 0.204. The summed E-state index contributed by atoms with van der Waals surface area (Å²) < 4.78 is 39.9. The lowest BCUT2D eigenvalue weighted by Gasteiger charge is -2.16. The molecule has 1 aromatic carbocycles. The molecule has 1 rings (SSSR count). The first kappa shape index (κ1) is 17.1. The van der Waals surface area contributed by atoms with Gasteiger partial charge in [-0.2, -0.15) is 0 Å². The zero-order valence-electron chi connectivity index (χ0n) is 12.2. The van der Waals surface area contributed by atoms with Crippen LogP contribution in [0.3, 0.4) is 0 Å². The van der Waals surface area contributed by atoms with Gasteiger partial charge in [0.2, 0.25) is 10.0 Å². The number of rotatable bonds is 8. The summed E-state index contributed by atoms with van der Waals surface area (Å²) in [5.41, 5.74) is 0.517. The van der Waals surface area contributed by atoms with Crippen LogP contribution in [-0.2, 0) is 16.4 Å². The molecule has 0 heterocycles. The second kappa shape index (κ2) is 7.71. The Bertz CT molecular complexity index is 518. The van der Waals surface area contributed by atoms with Crippen molar-refractivity contribution in [3.8, 4) is 0 Å². The van der Waals surface area contributed by atoms with Gasteiger partial charge in [-0.25, -0.2) is 17.5 Å². The molecule has 4 nitrogen and oxygen atoms in total. The molecule has 0 saturated carbocycles. The number of hydrogen-bond donors (Lipinski definition) is 2. The van der Waals surface area contributed by atoms with Crippen LogP contribution in [0, 0.1) is 5.82 Å². The van der Waals surface area contributed by atoms with Crippen LogP contribution in [0.4, 0.5) is 4.39 Å². The van der Waals surface area contributed by atoms with Crippen molar-refractivity contribution < 1.29 is 12.8 Å². The lowest BCUT2D eigenvalue weighted by Crippen LogP contribution is -2.41. The Balaban J connectivity index is 2.45.